The predicted molar refractivity (Wildman–Crippen MR) is 109 cm³/mol. The third kappa shape index (κ3) is 6.02. The van der Waals surface area contributed by atoms with Crippen LogP contribution in [0.1, 0.15) is 25.6 Å². The summed E-state index contributed by atoms with van der Waals surface area (Å²) >= 11 is 1.43. The fourth-order valence-electron chi connectivity index (χ4n) is 2.50. The van der Waals surface area contributed by atoms with Crippen LogP contribution in [0.5, 0.6) is 0 Å². The number of morpholine rings is 1. The molecule has 3 rings (SSSR count). The molecule has 7 nitrogen and oxygen atoms in total. The van der Waals surface area contributed by atoms with Crippen LogP contribution in [-0.4, -0.2) is 59.4 Å². The van der Waals surface area contributed by atoms with E-state index in [-0.39, 0.29) is 0 Å². The number of carbonyl (C=O) groups excluding carboxylic acids is 1. The zero-order valence-corrected chi connectivity index (χ0v) is 17.1. The molecule has 1 N–H and O–H groups in total. The van der Waals surface area contributed by atoms with E-state index in [0.717, 1.165) is 36.9 Å². The monoisotopic (exact) mass is 400 g/mol. The number of nitrogens with zero attached hydrogens (tertiary/aromatic N) is 3. The zero-order valence-electron chi connectivity index (χ0n) is 16.3. The molecule has 3 heterocycles. The number of ether oxygens (including phenoxy) is 2. The predicted octanol–water partition coefficient (Wildman–Crippen LogP) is 3.24. The van der Waals surface area contributed by atoms with Crippen molar-refractivity contribution in [1.29, 1.82) is 0 Å². The fourth-order valence-corrected chi connectivity index (χ4v) is 3.40. The Balaban J connectivity index is 1.80. The number of rotatable bonds is 3. The lowest BCUT2D eigenvalue weighted by Crippen LogP contribution is -2.36. The average Bonchev–Trinajstić information content (AvgIpc) is 3.04. The maximum Gasteiger partial charge on any atom is 0.413 e. The molecule has 2 aromatic heterocycles. The van der Waals surface area contributed by atoms with Crippen LogP contribution in [0.15, 0.2) is 24.5 Å². The SMILES string of the molecule is CC(C)(C)OC(=O)Nc1nc(-c2ccncc2)sc1C#CCN1CCOCC1. The topological polar surface area (TPSA) is 76.6 Å². The first kappa shape index (κ1) is 20.3. The van der Waals surface area contributed by atoms with Gasteiger partial charge in [-0.3, -0.25) is 15.2 Å². The quantitative estimate of drug-likeness (QED) is 0.797. The summed E-state index contributed by atoms with van der Waals surface area (Å²) in [5.74, 6) is 6.76. The number of amides is 1. The largest absolute Gasteiger partial charge is 0.444 e. The Morgan fingerprint density at radius 1 is 1.32 bits per heavy atom. The fraction of sp³-hybridized carbons (Fsp3) is 0.450. The first-order valence-corrected chi connectivity index (χ1v) is 9.92. The highest BCUT2D eigenvalue weighted by molar-refractivity contribution is 7.16. The molecule has 1 saturated heterocycles. The Bertz CT molecular complexity index is 859. The van der Waals surface area contributed by atoms with Gasteiger partial charge in [0.1, 0.15) is 15.5 Å². The van der Waals surface area contributed by atoms with Gasteiger partial charge in [0.15, 0.2) is 5.82 Å². The van der Waals surface area contributed by atoms with Gasteiger partial charge in [0.05, 0.1) is 19.8 Å². The van der Waals surface area contributed by atoms with Gasteiger partial charge < -0.3 is 9.47 Å². The number of thiazole rings is 1. The molecule has 0 atom stereocenters. The van der Waals surface area contributed by atoms with E-state index in [2.05, 4.69) is 32.0 Å². The van der Waals surface area contributed by atoms with Gasteiger partial charge in [0, 0.05) is 31.0 Å². The molecule has 1 aliphatic rings. The Kier molecular flexibility index (Phi) is 6.62. The molecule has 0 spiro atoms. The first-order valence-electron chi connectivity index (χ1n) is 9.11. The minimum Gasteiger partial charge on any atom is -0.444 e. The summed E-state index contributed by atoms with van der Waals surface area (Å²) in [7, 11) is 0. The van der Waals surface area contributed by atoms with Crippen molar-refractivity contribution in [3.05, 3.63) is 29.4 Å². The van der Waals surface area contributed by atoms with Crippen molar-refractivity contribution in [2.24, 2.45) is 0 Å². The summed E-state index contributed by atoms with van der Waals surface area (Å²) in [4.78, 5) is 23.7. The molecule has 1 amide bonds. The van der Waals surface area contributed by atoms with Crippen LogP contribution in [0.3, 0.4) is 0 Å². The third-order valence-electron chi connectivity index (χ3n) is 3.78. The van der Waals surface area contributed by atoms with E-state index in [1.54, 1.807) is 12.4 Å². The lowest BCUT2D eigenvalue weighted by Gasteiger charge is -2.24. The van der Waals surface area contributed by atoms with Gasteiger partial charge in [-0.25, -0.2) is 9.78 Å². The standard InChI is InChI=1S/C20H24N4O3S/c1-20(2,3)27-19(25)23-17-16(5-4-10-24-11-13-26-14-12-24)28-18(22-17)15-6-8-21-9-7-15/h6-9H,10-14H2,1-3H3,(H,23,25). The van der Waals surface area contributed by atoms with Gasteiger partial charge in [0.2, 0.25) is 0 Å². The summed E-state index contributed by atoms with van der Waals surface area (Å²) in [6.07, 6.45) is 2.87. The number of pyridine rings is 1. The van der Waals surface area contributed by atoms with E-state index in [4.69, 9.17) is 9.47 Å². The molecule has 0 saturated carbocycles. The second-order valence-corrected chi connectivity index (χ2v) is 8.25. The van der Waals surface area contributed by atoms with Gasteiger partial charge in [0.25, 0.3) is 0 Å². The van der Waals surface area contributed by atoms with Crippen LogP contribution in [0.4, 0.5) is 10.6 Å². The van der Waals surface area contributed by atoms with E-state index in [9.17, 15) is 4.79 Å². The Morgan fingerprint density at radius 3 is 2.71 bits per heavy atom. The second kappa shape index (κ2) is 9.15. The molecule has 0 radical (unpaired) electrons. The number of anilines is 1. The van der Waals surface area contributed by atoms with Crippen LogP contribution >= 0.6 is 11.3 Å². The molecule has 28 heavy (non-hydrogen) atoms. The molecule has 0 unspecified atom stereocenters. The van der Waals surface area contributed by atoms with Crippen LogP contribution in [0, 0.1) is 11.8 Å². The summed E-state index contributed by atoms with van der Waals surface area (Å²) < 4.78 is 10.7. The Morgan fingerprint density at radius 2 is 2.04 bits per heavy atom. The van der Waals surface area contributed by atoms with Crippen molar-refractivity contribution in [2.45, 2.75) is 26.4 Å². The molecule has 1 aliphatic heterocycles. The highest BCUT2D eigenvalue weighted by Gasteiger charge is 2.19. The average molecular weight is 401 g/mol. The lowest BCUT2D eigenvalue weighted by molar-refractivity contribution is 0.0443. The number of nitrogens with one attached hydrogen (secondary N) is 1. The Hall–Kier alpha value is -2.47. The van der Waals surface area contributed by atoms with Crippen molar-refractivity contribution in [1.82, 2.24) is 14.9 Å². The molecule has 2 aromatic rings. The minimum absolute atomic E-state index is 0.417. The van der Waals surface area contributed by atoms with E-state index in [1.165, 1.54) is 11.3 Å². The number of hydrogen-bond donors (Lipinski definition) is 1. The molecule has 148 valence electrons. The maximum absolute atomic E-state index is 12.2. The number of aromatic nitrogens is 2. The van der Waals surface area contributed by atoms with Gasteiger partial charge in [-0.1, -0.05) is 11.8 Å². The molecular formula is C20H24N4O3S. The van der Waals surface area contributed by atoms with Gasteiger partial charge in [-0.2, -0.15) is 0 Å². The van der Waals surface area contributed by atoms with Crippen molar-refractivity contribution < 1.29 is 14.3 Å². The van der Waals surface area contributed by atoms with E-state index < -0.39 is 11.7 Å². The van der Waals surface area contributed by atoms with E-state index in [0.29, 0.717) is 17.2 Å². The van der Waals surface area contributed by atoms with Crippen LogP contribution in [0.2, 0.25) is 0 Å². The smallest absolute Gasteiger partial charge is 0.413 e. The molecular weight excluding hydrogens is 376 g/mol. The van der Waals surface area contributed by atoms with Crippen molar-refractivity contribution in [3.8, 4) is 22.4 Å². The van der Waals surface area contributed by atoms with Gasteiger partial charge >= 0.3 is 6.09 Å². The normalized spacial score (nSPS) is 14.8. The van der Waals surface area contributed by atoms with Crippen molar-refractivity contribution in [2.75, 3.05) is 38.2 Å². The molecule has 8 heteroatoms. The van der Waals surface area contributed by atoms with Crippen LogP contribution < -0.4 is 5.32 Å². The maximum atomic E-state index is 12.2. The highest BCUT2D eigenvalue weighted by Crippen LogP contribution is 2.30. The van der Waals surface area contributed by atoms with E-state index in [1.807, 2.05) is 32.9 Å². The molecule has 1 fully saturated rings. The summed E-state index contributed by atoms with van der Waals surface area (Å²) in [5.41, 5.74) is 0.337. The zero-order chi connectivity index (χ0) is 20.0. The molecule has 0 aliphatic carbocycles. The molecule has 0 bridgehead atoms. The number of carbonyl (C=O) groups is 1. The first-order chi connectivity index (χ1) is 13.4. The Labute approximate surface area is 169 Å². The minimum atomic E-state index is -0.587. The van der Waals surface area contributed by atoms with Crippen molar-refractivity contribution >= 4 is 23.2 Å². The summed E-state index contributed by atoms with van der Waals surface area (Å²) in [6.45, 7) is 9.33. The third-order valence-corrected chi connectivity index (χ3v) is 4.80. The second-order valence-electron chi connectivity index (χ2n) is 7.25. The number of hydrogen-bond acceptors (Lipinski definition) is 7. The van der Waals surface area contributed by atoms with Crippen LogP contribution in [-0.2, 0) is 9.47 Å². The lowest BCUT2D eigenvalue weighted by atomic mass is 10.2. The highest BCUT2D eigenvalue weighted by atomic mass is 32.1. The van der Waals surface area contributed by atoms with E-state index >= 15 is 0 Å². The summed E-state index contributed by atoms with van der Waals surface area (Å²) in [5, 5.41) is 3.50. The van der Waals surface area contributed by atoms with Gasteiger partial charge in [-0.05, 0) is 32.9 Å². The van der Waals surface area contributed by atoms with Crippen molar-refractivity contribution in [3.63, 3.8) is 0 Å². The van der Waals surface area contributed by atoms with Crippen LogP contribution in [0.25, 0.3) is 10.6 Å². The van der Waals surface area contributed by atoms with Gasteiger partial charge in [-0.15, -0.1) is 11.3 Å². The summed E-state index contributed by atoms with van der Waals surface area (Å²) in [6, 6.07) is 3.75. The molecule has 0 aromatic carbocycles.